The summed E-state index contributed by atoms with van der Waals surface area (Å²) in [4.78, 5) is 22.7. The second-order valence-corrected chi connectivity index (χ2v) is 8.91. The maximum absolute atomic E-state index is 12.8. The van der Waals surface area contributed by atoms with E-state index in [0.717, 1.165) is 0 Å². The third kappa shape index (κ3) is 3.94. The zero-order chi connectivity index (χ0) is 21.3. The average molecular weight is 433 g/mol. The monoisotopic (exact) mass is 433 g/mol. The molecular weight excluding hydrogens is 414 g/mol. The van der Waals surface area contributed by atoms with Gasteiger partial charge in [-0.25, -0.2) is 8.42 Å². The molecular formula is C19H19N3O7S. The minimum atomic E-state index is -3.75. The van der Waals surface area contributed by atoms with E-state index >= 15 is 0 Å². The topological polar surface area (TPSA) is 128 Å². The first-order valence-corrected chi connectivity index (χ1v) is 10.7. The first kappa shape index (κ1) is 20.1. The van der Waals surface area contributed by atoms with Gasteiger partial charge in [-0.15, -0.1) is 0 Å². The van der Waals surface area contributed by atoms with Gasteiger partial charge in [0.1, 0.15) is 0 Å². The van der Waals surface area contributed by atoms with E-state index in [4.69, 9.17) is 9.47 Å². The highest BCUT2D eigenvalue weighted by Crippen LogP contribution is 2.32. The van der Waals surface area contributed by atoms with Gasteiger partial charge in [0, 0.05) is 36.8 Å². The largest absolute Gasteiger partial charge is 0.454 e. The molecule has 30 heavy (non-hydrogen) atoms. The lowest BCUT2D eigenvalue weighted by molar-refractivity contribution is -0.384. The number of nitrogens with zero attached hydrogens (tertiary/aromatic N) is 2. The summed E-state index contributed by atoms with van der Waals surface area (Å²) in [6.45, 7) is 0.610. The molecule has 2 aromatic rings. The number of carbonyl (C=O) groups excluding carboxylic acids is 1. The van der Waals surface area contributed by atoms with Crippen LogP contribution < -0.4 is 14.8 Å². The lowest BCUT2D eigenvalue weighted by Crippen LogP contribution is -2.46. The summed E-state index contributed by atoms with van der Waals surface area (Å²) in [6.07, 6.45) is 0.922. The highest BCUT2D eigenvalue weighted by molar-refractivity contribution is 7.89. The lowest BCUT2D eigenvalue weighted by atomic mass is 10.1. The van der Waals surface area contributed by atoms with Crippen molar-refractivity contribution in [2.24, 2.45) is 0 Å². The molecule has 1 saturated heterocycles. The maximum atomic E-state index is 12.8. The van der Waals surface area contributed by atoms with E-state index in [1.165, 1.54) is 28.6 Å². The molecule has 158 valence electrons. The summed E-state index contributed by atoms with van der Waals surface area (Å²) >= 11 is 0. The number of carbonyl (C=O) groups is 1. The smallest absolute Gasteiger partial charge is 0.269 e. The van der Waals surface area contributed by atoms with Crippen molar-refractivity contribution in [3.63, 3.8) is 0 Å². The zero-order valence-corrected chi connectivity index (χ0v) is 16.6. The molecule has 0 spiro atoms. The summed E-state index contributed by atoms with van der Waals surface area (Å²) < 4.78 is 37.4. The Hall–Kier alpha value is -3.18. The van der Waals surface area contributed by atoms with Crippen LogP contribution in [0.4, 0.5) is 5.69 Å². The molecule has 0 saturated carbocycles. The molecule has 0 bridgehead atoms. The molecule has 1 N–H and O–H groups in total. The van der Waals surface area contributed by atoms with Crippen LogP contribution >= 0.6 is 0 Å². The molecule has 0 unspecified atom stereocenters. The van der Waals surface area contributed by atoms with Gasteiger partial charge in [0.25, 0.3) is 11.6 Å². The summed E-state index contributed by atoms with van der Waals surface area (Å²) in [6, 6.07) is 9.60. The molecule has 0 aliphatic carbocycles. The van der Waals surface area contributed by atoms with Crippen molar-refractivity contribution in [1.29, 1.82) is 0 Å². The molecule has 2 aromatic carbocycles. The van der Waals surface area contributed by atoms with Crippen LogP contribution in [0.5, 0.6) is 11.5 Å². The van der Waals surface area contributed by atoms with Crippen molar-refractivity contribution in [3.8, 4) is 11.5 Å². The van der Waals surface area contributed by atoms with Crippen LogP contribution in [0.3, 0.4) is 0 Å². The second-order valence-electron chi connectivity index (χ2n) is 6.97. The van der Waals surface area contributed by atoms with E-state index in [1.807, 2.05) is 0 Å². The first-order chi connectivity index (χ1) is 14.3. The van der Waals surface area contributed by atoms with Gasteiger partial charge in [-0.05, 0) is 43.2 Å². The van der Waals surface area contributed by atoms with Crippen LogP contribution in [0.15, 0.2) is 47.4 Å². The van der Waals surface area contributed by atoms with Crippen molar-refractivity contribution in [1.82, 2.24) is 9.62 Å². The van der Waals surface area contributed by atoms with Gasteiger partial charge >= 0.3 is 0 Å². The van der Waals surface area contributed by atoms with Gasteiger partial charge in [-0.2, -0.15) is 4.31 Å². The van der Waals surface area contributed by atoms with Gasteiger partial charge < -0.3 is 14.8 Å². The number of nitro groups is 1. The van der Waals surface area contributed by atoms with Crippen molar-refractivity contribution >= 4 is 21.6 Å². The number of ether oxygens (including phenoxy) is 2. The van der Waals surface area contributed by atoms with Gasteiger partial charge in [-0.1, -0.05) is 0 Å². The number of non-ortho nitro benzene ring substituents is 1. The van der Waals surface area contributed by atoms with Crippen LogP contribution in [0, 0.1) is 10.1 Å². The Kier molecular flexibility index (Phi) is 5.31. The predicted molar refractivity (Wildman–Crippen MR) is 105 cm³/mol. The van der Waals surface area contributed by atoms with E-state index in [-0.39, 0.29) is 42.4 Å². The quantitative estimate of drug-likeness (QED) is 0.563. The Bertz CT molecular complexity index is 1080. The number of rotatable bonds is 5. The Balaban J connectivity index is 1.36. The van der Waals surface area contributed by atoms with Crippen LogP contribution in [0.1, 0.15) is 23.2 Å². The second kappa shape index (κ2) is 7.92. The van der Waals surface area contributed by atoms with Gasteiger partial charge in [0.15, 0.2) is 11.5 Å². The molecule has 2 heterocycles. The third-order valence-corrected chi connectivity index (χ3v) is 7.02. The van der Waals surface area contributed by atoms with E-state index in [0.29, 0.717) is 29.9 Å². The van der Waals surface area contributed by atoms with Gasteiger partial charge in [0.05, 0.1) is 9.82 Å². The lowest BCUT2D eigenvalue weighted by Gasteiger charge is -2.31. The Morgan fingerprint density at radius 1 is 1.07 bits per heavy atom. The molecule has 0 radical (unpaired) electrons. The molecule has 1 fully saturated rings. The number of nitrogens with one attached hydrogen (secondary N) is 1. The van der Waals surface area contributed by atoms with Crippen molar-refractivity contribution < 1.29 is 27.6 Å². The molecule has 1 amide bonds. The molecule has 10 nitrogen and oxygen atoms in total. The van der Waals surface area contributed by atoms with E-state index in [1.54, 1.807) is 18.2 Å². The number of amides is 1. The van der Waals surface area contributed by atoms with Crippen LogP contribution in [0.2, 0.25) is 0 Å². The maximum Gasteiger partial charge on any atom is 0.269 e. The number of sulfonamides is 1. The average Bonchev–Trinajstić information content (AvgIpc) is 3.22. The molecule has 0 aromatic heterocycles. The number of fused-ring (bicyclic) bond motifs is 1. The molecule has 4 rings (SSSR count). The SMILES string of the molecule is O=C(NC1CCN(S(=O)(=O)c2ccc([N+](=O)[O-])cc2)CC1)c1ccc2c(c1)OCO2. The Labute approximate surface area is 172 Å². The van der Waals surface area contributed by atoms with Crippen LogP contribution in [-0.2, 0) is 10.0 Å². The zero-order valence-electron chi connectivity index (χ0n) is 15.8. The molecule has 2 aliphatic heterocycles. The normalized spacial score (nSPS) is 16.9. The highest BCUT2D eigenvalue weighted by atomic mass is 32.2. The first-order valence-electron chi connectivity index (χ1n) is 9.30. The van der Waals surface area contributed by atoms with E-state index in [9.17, 15) is 23.3 Å². The van der Waals surface area contributed by atoms with Crippen molar-refractivity contribution in [2.75, 3.05) is 19.9 Å². The van der Waals surface area contributed by atoms with E-state index in [2.05, 4.69) is 5.32 Å². The Morgan fingerprint density at radius 2 is 1.73 bits per heavy atom. The standard InChI is InChI=1S/C19H19N3O7S/c23-19(13-1-6-17-18(11-13)29-12-28-17)20-14-7-9-21(10-8-14)30(26,27)16-4-2-15(3-5-16)22(24)25/h1-6,11,14H,7-10,12H2,(H,20,23). The summed E-state index contributed by atoms with van der Waals surface area (Å²) in [5.74, 6) is 0.855. The summed E-state index contributed by atoms with van der Waals surface area (Å²) in [5.41, 5.74) is 0.277. The van der Waals surface area contributed by atoms with E-state index < -0.39 is 14.9 Å². The minimum Gasteiger partial charge on any atom is -0.454 e. The summed E-state index contributed by atoms with van der Waals surface area (Å²) in [7, 11) is -3.75. The minimum absolute atomic E-state index is 0.0101. The van der Waals surface area contributed by atoms with Gasteiger partial charge in [-0.3, -0.25) is 14.9 Å². The molecule has 0 atom stereocenters. The summed E-state index contributed by atoms with van der Waals surface area (Å²) in [5, 5.41) is 13.7. The number of piperidine rings is 1. The van der Waals surface area contributed by atoms with Crippen molar-refractivity contribution in [2.45, 2.75) is 23.8 Å². The number of benzene rings is 2. The number of hydrogen-bond acceptors (Lipinski definition) is 7. The Morgan fingerprint density at radius 3 is 2.40 bits per heavy atom. The third-order valence-electron chi connectivity index (χ3n) is 5.11. The highest BCUT2D eigenvalue weighted by Gasteiger charge is 2.30. The van der Waals surface area contributed by atoms with Gasteiger partial charge in [0.2, 0.25) is 16.8 Å². The fourth-order valence-corrected chi connectivity index (χ4v) is 4.91. The van der Waals surface area contributed by atoms with Crippen molar-refractivity contribution in [3.05, 3.63) is 58.1 Å². The molecule has 2 aliphatic rings. The fourth-order valence-electron chi connectivity index (χ4n) is 3.44. The fraction of sp³-hybridized carbons (Fsp3) is 0.316. The molecule has 11 heteroatoms. The number of nitro benzene ring substituents is 1. The predicted octanol–water partition coefficient (Wildman–Crippen LogP) is 1.91. The van der Waals surface area contributed by atoms with Crippen LogP contribution in [0.25, 0.3) is 0 Å². The number of hydrogen-bond donors (Lipinski definition) is 1. The van der Waals surface area contributed by atoms with Crippen LogP contribution in [-0.4, -0.2) is 49.5 Å².